The van der Waals surface area contributed by atoms with Crippen LogP contribution in [0.3, 0.4) is 0 Å². The van der Waals surface area contributed by atoms with E-state index in [1.165, 1.54) is 10.8 Å². The highest BCUT2D eigenvalue weighted by atomic mass is 32.1. The summed E-state index contributed by atoms with van der Waals surface area (Å²) in [7, 11) is 0. The van der Waals surface area contributed by atoms with Gasteiger partial charge in [0, 0.05) is 31.1 Å². The molecule has 1 amide bonds. The minimum atomic E-state index is -0.446. The van der Waals surface area contributed by atoms with Crippen molar-refractivity contribution in [2.45, 2.75) is 12.8 Å². The Morgan fingerprint density at radius 3 is 2.52 bits per heavy atom. The van der Waals surface area contributed by atoms with E-state index in [1.54, 1.807) is 29.5 Å². The van der Waals surface area contributed by atoms with Crippen LogP contribution in [0, 0.1) is 10.1 Å². The number of carbonyl (C=O) groups excluding carboxylic acids is 1. The predicted molar refractivity (Wildman–Crippen MR) is 124 cm³/mol. The summed E-state index contributed by atoms with van der Waals surface area (Å²) >= 11 is 1.69. The standard InChI is InChI=1S/C23H20N4O3S/c28-22(13-14-24-18-5-1-3-7-20(18)27(29)30)25-17-11-9-16(10-12-17)15-23-26-19-6-2-4-8-21(19)31-23/h1-12,24H,13-15H2,(H,25,28). The van der Waals surface area contributed by atoms with E-state index < -0.39 is 4.92 Å². The van der Waals surface area contributed by atoms with Crippen LogP contribution in [0.25, 0.3) is 10.2 Å². The second-order valence-electron chi connectivity index (χ2n) is 6.95. The largest absolute Gasteiger partial charge is 0.379 e. The number of fused-ring (bicyclic) bond motifs is 1. The zero-order chi connectivity index (χ0) is 21.6. The minimum absolute atomic E-state index is 0.00776. The lowest BCUT2D eigenvalue weighted by molar-refractivity contribution is -0.384. The Bertz CT molecular complexity index is 1190. The average molecular weight is 433 g/mol. The molecule has 31 heavy (non-hydrogen) atoms. The molecule has 1 aromatic heterocycles. The molecular weight excluding hydrogens is 412 g/mol. The number of anilines is 2. The number of nitro benzene ring substituents is 1. The molecule has 4 aromatic rings. The fraction of sp³-hybridized carbons (Fsp3) is 0.130. The van der Waals surface area contributed by atoms with Gasteiger partial charge in [-0.05, 0) is 35.9 Å². The zero-order valence-electron chi connectivity index (χ0n) is 16.6. The number of thiazole rings is 1. The van der Waals surface area contributed by atoms with Crippen molar-refractivity contribution >= 4 is 44.5 Å². The van der Waals surface area contributed by atoms with E-state index in [4.69, 9.17) is 0 Å². The molecule has 0 radical (unpaired) electrons. The molecule has 0 saturated carbocycles. The fourth-order valence-electron chi connectivity index (χ4n) is 3.19. The van der Waals surface area contributed by atoms with Crippen LogP contribution >= 0.6 is 11.3 Å². The molecule has 0 unspecified atom stereocenters. The Labute approximate surface area is 182 Å². The highest BCUT2D eigenvalue weighted by Crippen LogP contribution is 2.24. The summed E-state index contributed by atoms with van der Waals surface area (Å²) in [6.07, 6.45) is 0.937. The molecule has 4 rings (SSSR count). The first-order chi connectivity index (χ1) is 15.1. The molecular formula is C23H20N4O3S. The second-order valence-corrected chi connectivity index (χ2v) is 8.06. The molecule has 0 bridgehead atoms. The van der Waals surface area contributed by atoms with Crippen LogP contribution in [0.1, 0.15) is 17.0 Å². The Kier molecular flexibility index (Phi) is 6.18. The third-order valence-electron chi connectivity index (χ3n) is 4.70. The normalized spacial score (nSPS) is 10.7. The maximum Gasteiger partial charge on any atom is 0.292 e. The molecule has 7 nitrogen and oxygen atoms in total. The van der Waals surface area contributed by atoms with Crippen LogP contribution in [0.15, 0.2) is 72.8 Å². The number of rotatable bonds is 8. The molecule has 0 atom stereocenters. The first-order valence-electron chi connectivity index (χ1n) is 9.79. The van der Waals surface area contributed by atoms with Crippen molar-refractivity contribution in [2.75, 3.05) is 17.2 Å². The molecule has 1 heterocycles. The van der Waals surface area contributed by atoms with Gasteiger partial charge in [-0.2, -0.15) is 0 Å². The van der Waals surface area contributed by atoms with Gasteiger partial charge in [0.05, 0.1) is 20.1 Å². The molecule has 0 fully saturated rings. The Morgan fingerprint density at radius 1 is 1.00 bits per heavy atom. The van der Waals surface area contributed by atoms with E-state index in [9.17, 15) is 14.9 Å². The van der Waals surface area contributed by atoms with Crippen LogP contribution in [-0.2, 0) is 11.2 Å². The lowest BCUT2D eigenvalue weighted by Crippen LogP contribution is -2.16. The van der Waals surface area contributed by atoms with Crippen LogP contribution in [0.4, 0.5) is 17.1 Å². The van der Waals surface area contributed by atoms with Crippen LogP contribution < -0.4 is 10.6 Å². The Hall–Kier alpha value is -3.78. The van der Waals surface area contributed by atoms with Crippen molar-refractivity contribution in [1.82, 2.24) is 4.98 Å². The van der Waals surface area contributed by atoms with Gasteiger partial charge in [-0.25, -0.2) is 4.98 Å². The van der Waals surface area contributed by atoms with Crippen LogP contribution in [0.2, 0.25) is 0 Å². The molecule has 0 spiro atoms. The van der Waals surface area contributed by atoms with E-state index >= 15 is 0 Å². The highest BCUT2D eigenvalue weighted by Gasteiger charge is 2.12. The number of amides is 1. The number of nitrogens with zero attached hydrogens (tertiary/aromatic N) is 2. The summed E-state index contributed by atoms with van der Waals surface area (Å²) in [5, 5.41) is 17.9. The van der Waals surface area contributed by atoms with Crippen molar-refractivity contribution in [3.05, 3.63) is 93.5 Å². The maximum atomic E-state index is 12.2. The molecule has 156 valence electrons. The number of hydrogen-bond acceptors (Lipinski definition) is 6. The summed E-state index contributed by atoms with van der Waals surface area (Å²) in [5.74, 6) is -0.162. The quantitative estimate of drug-likeness (QED) is 0.293. The number of benzene rings is 3. The number of aromatic nitrogens is 1. The predicted octanol–water partition coefficient (Wildman–Crippen LogP) is 5.24. The summed E-state index contributed by atoms with van der Waals surface area (Å²) in [6.45, 7) is 0.298. The van der Waals surface area contributed by atoms with Gasteiger partial charge in [0.1, 0.15) is 5.69 Å². The molecule has 0 aliphatic rings. The topological polar surface area (TPSA) is 97.2 Å². The van der Waals surface area contributed by atoms with Crippen LogP contribution in [-0.4, -0.2) is 22.4 Å². The number of para-hydroxylation sites is 3. The number of nitrogens with one attached hydrogen (secondary N) is 2. The molecule has 0 aliphatic carbocycles. The molecule has 0 aliphatic heterocycles. The zero-order valence-corrected chi connectivity index (χ0v) is 17.4. The van der Waals surface area contributed by atoms with E-state index in [-0.39, 0.29) is 18.0 Å². The van der Waals surface area contributed by atoms with Gasteiger partial charge in [0.25, 0.3) is 5.69 Å². The third kappa shape index (κ3) is 5.23. The van der Waals surface area contributed by atoms with Gasteiger partial charge < -0.3 is 10.6 Å². The lowest BCUT2D eigenvalue weighted by Gasteiger charge is -2.08. The third-order valence-corrected chi connectivity index (χ3v) is 5.74. The van der Waals surface area contributed by atoms with E-state index in [0.717, 1.165) is 22.5 Å². The minimum Gasteiger partial charge on any atom is -0.379 e. The Balaban J connectivity index is 1.28. The monoisotopic (exact) mass is 432 g/mol. The summed E-state index contributed by atoms with van der Waals surface area (Å²) in [4.78, 5) is 27.4. The Morgan fingerprint density at radius 2 is 1.74 bits per heavy atom. The number of carbonyl (C=O) groups is 1. The van der Waals surface area contributed by atoms with Gasteiger partial charge in [-0.15, -0.1) is 11.3 Å². The van der Waals surface area contributed by atoms with Gasteiger partial charge in [0.15, 0.2) is 0 Å². The molecule has 3 aromatic carbocycles. The SMILES string of the molecule is O=C(CCNc1ccccc1[N+](=O)[O-])Nc1ccc(Cc2nc3ccccc3s2)cc1. The summed E-state index contributed by atoms with van der Waals surface area (Å²) in [6, 6.07) is 22.2. The van der Waals surface area contributed by atoms with Gasteiger partial charge in [-0.1, -0.05) is 36.4 Å². The number of nitro groups is 1. The maximum absolute atomic E-state index is 12.2. The summed E-state index contributed by atoms with van der Waals surface area (Å²) in [5.41, 5.74) is 3.24. The second kappa shape index (κ2) is 9.36. The van der Waals surface area contributed by atoms with E-state index in [1.807, 2.05) is 42.5 Å². The van der Waals surface area contributed by atoms with Crippen molar-refractivity contribution < 1.29 is 9.72 Å². The van der Waals surface area contributed by atoms with Crippen molar-refractivity contribution in [1.29, 1.82) is 0 Å². The van der Waals surface area contributed by atoms with Crippen molar-refractivity contribution in [2.24, 2.45) is 0 Å². The van der Waals surface area contributed by atoms with Gasteiger partial charge >= 0.3 is 0 Å². The van der Waals surface area contributed by atoms with Crippen LogP contribution in [0.5, 0.6) is 0 Å². The fourth-order valence-corrected chi connectivity index (χ4v) is 4.19. The summed E-state index contributed by atoms with van der Waals surface area (Å²) < 4.78 is 1.18. The average Bonchev–Trinajstić information content (AvgIpc) is 3.17. The number of hydrogen-bond donors (Lipinski definition) is 2. The highest BCUT2D eigenvalue weighted by molar-refractivity contribution is 7.18. The molecule has 2 N–H and O–H groups in total. The van der Waals surface area contributed by atoms with Gasteiger partial charge in [-0.3, -0.25) is 14.9 Å². The van der Waals surface area contributed by atoms with Gasteiger partial charge in [0.2, 0.25) is 5.91 Å². The molecule has 0 saturated heterocycles. The molecule has 8 heteroatoms. The first-order valence-corrected chi connectivity index (χ1v) is 10.6. The lowest BCUT2D eigenvalue weighted by atomic mass is 10.1. The van der Waals surface area contributed by atoms with Crippen molar-refractivity contribution in [3.8, 4) is 0 Å². The van der Waals surface area contributed by atoms with E-state index in [2.05, 4.69) is 21.7 Å². The van der Waals surface area contributed by atoms with E-state index in [0.29, 0.717) is 17.9 Å². The smallest absolute Gasteiger partial charge is 0.292 e. The van der Waals surface area contributed by atoms with Crippen molar-refractivity contribution in [3.63, 3.8) is 0 Å². The first kappa shape index (κ1) is 20.5.